The van der Waals surface area contributed by atoms with Gasteiger partial charge in [0.15, 0.2) is 0 Å². The molecule has 1 N–H and O–H groups in total. The van der Waals surface area contributed by atoms with Crippen LogP contribution in [-0.4, -0.2) is 31.9 Å². The zero-order chi connectivity index (χ0) is 14.5. The first-order chi connectivity index (χ1) is 10.3. The Labute approximate surface area is 125 Å². The molecule has 0 spiro atoms. The Morgan fingerprint density at radius 2 is 2.10 bits per heavy atom. The number of hydrogen-bond donors (Lipinski definition) is 1. The fraction of sp³-hybridized carbons (Fsp3) is 0.133. The van der Waals surface area contributed by atoms with Crippen LogP contribution in [0, 0.1) is 11.8 Å². The second kappa shape index (κ2) is 6.31. The number of thiophene rings is 1. The molecule has 0 unspecified atom stereocenters. The first-order valence-electron chi connectivity index (χ1n) is 6.35. The van der Waals surface area contributed by atoms with Gasteiger partial charge in [0, 0.05) is 21.4 Å². The number of rotatable bonds is 3. The zero-order valence-electron chi connectivity index (χ0n) is 11.1. The van der Waals surface area contributed by atoms with Gasteiger partial charge in [-0.1, -0.05) is 42.2 Å². The van der Waals surface area contributed by atoms with Crippen LogP contribution in [-0.2, 0) is 6.54 Å². The first-order valence-corrected chi connectivity index (χ1v) is 7.23. The Balaban J connectivity index is 1.74. The number of benzene rings is 1. The highest BCUT2D eigenvalue weighted by molar-refractivity contribution is 7.10. The van der Waals surface area contributed by atoms with Gasteiger partial charge in [-0.05, 0) is 11.3 Å². The van der Waals surface area contributed by atoms with E-state index >= 15 is 0 Å². The van der Waals surface area contributed by atoms with E-state index in [0.717, 1.165) is 16.0 Å². The van der Waals surface area contributed by atoms with Crippen molar-refractivity contribution in [3.05, 3.63) is 52.2 Å². The molecule has 0 amide bonds. The van der Waals surface area contributed by atoms with E-state index in [-0.39, 0.29) is 6.61 Å². The maximum atomic E-state index is 8.68. The van der Waals surface area contributed by atoms with Crippen LogP contribution in [0.2, 0.25) is 0 Å². The molecule has 21 heavy (non-hydrogen) atoms. The molecular formula is C15H12N4OS. The zero-order valence-corrected chi connectivity index (χ0v) is 11.9. The van der Waals surface area contributed by atoms with Crippen LogP contribution in [0.5, 0.6) is 0 Å². The molecule has 0 aliphatic carbocycles. The summed E-state index contributed by atoms with van der Waals surface area (Å²) in [4.78, 5) is 2.66. The van der Waals surface area contributed by atoms with E-state index in [4.69, 9.17) is 5.11 Å². The van der Waals surface area contributed by atoms with E-state index < -0.39 is 0 Å². The van der Waals surface area contributed by atoms with Gasteiger partial charge in [0.1, 0.15) is 6.61 Å². The lowest BCUT2D eigenvalue weighted by molar-refractivity contribution is 0.350. The average Bonchev–Trinajstić information content (AvgIpc) is 3.16. The Bertz CT molecular complexity index is 783. The lowest BCUT2D eigenvalue weighted by Crippen LogP contribution is -2.02. The number of aliphatic hydroxyl groups is 1. The van der Waals surface area contributed by atoms with Crippen molar-refractivity contribution in [3.8, 4) is 23.2 Å². The average molecular weight is 296 g/mol. The van der Waals surface area contributed by atoms with Crippen molar-refractivity contribution >= 4 is 11.3 Å². The Hall–Kier alpha value is -2.49. The van der Waals surface area contributed by atoms with Crippen molar-refractivity contribution in [1.29, 1.82) is 0 Å². The molecule has 5 nitrogen and oxygen atoms in total. The van der Waals surface area contributed by atoms with E-state index in [9.17, 15) is 0 Å². The number of nitrogens with zero attached hydrogens (tertiary/aromatic N) is 4. The lowest BCUT2D eigenvalue weighted by Gasteiger charge is -1.94. The van der Waals surface area contributed by atoms with Gasteiger partial charge in [-0.15, -0.1) is 21.5 Å². The third-order valence-electron chi connectivity index (χ3n) is 2.75. The van der Waals surface area contributed by atoms with Gasteiger partial charge >= 0.3 is 0 Å². The van der Waals surface area contributed by atoms with Crippen LogP contribution in [0.4, 0.5) is 0 Å². The predicted octanol–water partition coefficient (Wildman–Crippen LogP) is 1.79. The van der Waals surface area contributed by atoms with Gasteiger partial charge in [0.25, 0.3) is 0 Å². The first kappa shape index (κ1) is 13.5. The quantitative estimate of drug-likeness (QED) is 0.749. The van der Waals surface area contributed by atoms with Gasteiger partial charge in [0.05, 0.1) is 6.54 Å². The van der Waals surface area contributed by atoms with Gasteiger partial charge in [-0.3, -0.25) is 0 Å². The highest BCUT2D eigenvalue weighted by Gasteiger charge is 2.06. The summed E-state index contributed by atoms with van der Waals surface area (Å²) in [5.41, 5.74) is 1.84. The maximum Gasteiger partial charge on any atom is 0.204 e. The predicted molar refractivity (Wildman–Crippen MR) is 80.6 cm³/mol. The van der Waals surface area contributed by atoms with Gasteiger partial charge in [0.2, 0.25) is 5.82 Å². The van der Waals surface area contributed by atoms with Crippen molar-refractivity contribution in [3.63, 3.8) is 0 Å². The van der Waals surface area contributed by atoms with Crippen LogP contribution in [0.25, 0.3) is 11.4 Å². The molecule has 0 aliphatic heterocycles. The molecule has 0 fully saturated rings. The SMILES string of the molecule is OCC#Cc1csc(Cn2nnc(-c3ccccc3)n2)c1. The largest absolute Gasteiger partial charge is 0.384 e. The fourth-order valence-electron chi connectivity index (χ4n) is 1.82. The van der Waals surface area contributed by atoms with E-state index in [2.05, 4.69) is 27.3 Å². The van der Waals surface area contributed by atoms with Gasteiger partial charge < -0.3 is 5.11 Å². The van der Waals surface area contributed by atoms with Crippen molar-refractivity contribution in [2.45, 2.75) is 6.54 Å². The van der Waals surface area contributed by atoms with Crippen LogP contribution >= 0.6 is 11.3 Å². The van der Waals surface area contributed by atoms with Crippen molar-refractivity contribution in [2.75, 3.05) is 6.61 Å². The Morgan fingerprint density at radius 3 is 2.90 bits per heavy atom. The molecule has 0 atom stereocenters. The number of tetrazole rings is 1. The highest BCUT2D eigenvalue weighted by Crippen LogP contribution is 2.16. The summed E-state index contributed by atoms with van der Waals surface area (Å²) in [7, 11) is 0. The molecule has 0 saturated heterocycles. The number of aliphatic hydroxyl groups excluding tert-OH is 1. The topological polar surface area (TPSA) is 63.8 Å². The summed E-state index contributed by atoms with van der Waals surface area (Å²) in [5.74, 6) is 6.12. The molecule has 104 valence electrons. The summed E-state index contributed by atoms with van der Waals surface area (Å²) in [6.07, 6.45) is 0. The molecule has 0 bridgehead atoms. The monoisotopic (exact) mass is 296 g/mol. The molecule has 0 saturated carbocycles. The molecule has 3 aromatic rings. The third-order valence-corrected chi connectivity index (χ3v) is 3.67. The fourth-order valence-corrected chi connectivity index (χ4v) is 2.61. The van der Waals surface area contributed by atoms with Crippen molar-refractivity contribution < 1.29 is 5.11 Å². The minimum Gasteiger partial charge on any atom is -0.384 e. The molecule has 2 heterocycles. The van der Waals surface area contributed by atoms with Crippen LogP contribution < -0.4 is 0 Å². The van der Waals surface area contributed by atoms with Gasteiger partial charge in [-0.2, -0.15) is 4.80 Å². The minimum atomic E-state index is -0.129. The minimum absolute atomic E-state index is 0.129. The molecule has 0 aliphatic rings. The molecule has 3 rings (SSSR count). The smallest absolute Gasteiger partial charge is 0.204 e. The van der Waals surface area contributed by atoms with Crippen LogP contribution in [0.3, 0.4) is 0 Å². The van der Waals surface area contributed by atoms with Crippen LogP contribution in [0.1, 0.15) is 10.4 Å². The van der Waals surface area contributed by atoms with Gasteiger partial charge in [-0.25, -0.2) is 0 Å². The maximum absolute atomic E-state index is 8.68. The summed E-state index contributed by atoms with van der Waals surface area (Å²) in [6, 6.07) is 11.7. The second-order valence-corrected chi connectivity index (χ2v) is 5.27. The van der Waals surface area contributed by atoms with E-state index in [1.807, 2.05) is 41.8 Å². The van der Waals surface area contributed by atoms with Crippen molar-refractivity contribution in [2.24, 2.45) is 0 Å². The third kappa shape index (κ3) is 3.34. The molecule has 0 radical (unpaired) electrons. The molecule has 2 aromatic heterocycles. The van der Waals surface area contributed by atoms with E-state index in [1.54, 1.807) is 16.1 Å². The normalized spacial score (nSPS) is 10.1. The number of hydrogen-bond acceptors (Lipinski definition) is 5. The summed E-state index contributed by atoms with van der Waals surface area (Å²) in [5, 5.41) is 23.1. The van der Waals surface area contributed by atoms with E-state index in [0.29, 0.717) is 12.4 Å². The van der Waals surface area contributed by atoms with Crippen molar-refractivity contribution in [1.82, 2.24) is 20.2 Å². The standard InChI is InChI=1S/C15H12N4OS/c20-8-4-5-12-9-14(21-11-12)10-19-17-15(16-18-19)13-6-2-1-3-7-13/h1-3,6-7,9,11,20H,8,10H2. The Morgan fingerprint density at radius 1 is 1.24 bits per heavy atom. The second-order valence-electron chi connectivity index (χ2n) is 4.27. The molecule has 1 aromatic carbocycles. The summed E-state index contributed by atoms with van der Waals surface area (Å²) >= 11 is 1.59. The summed E-state index contributed by atoms with van der Waals surface area (Å²) < 4.78 is 0. The Kier molecular flexibility index (Phi) is 4.05. The highest BCUT2D eigenvalue weighted by atomic mass is 32.1. The number of aromatic nitrogens is 4. The van der Waals surface area contributed by atoms with Crippen LogP contribution in [0.15, 0.2) is 41.8 Å². The molecule has 6 heteroatoms. The van der Waals surface area contributed by atoms with E-state index in [1.165, 1.54) is 0 Å². The molecular weight excluding hydrogens is 284 g/mol. The lowest BCUT2D eigenvalue weighted by atomic mass is 10.2. The summed E-state index contributed by atoms with van der Waals surface area (Å²) in [6.45, 7) is 0.432.